The SMILES string of the molecule is C#CCN1CCCCC1C(=O)Nc1cc(Br)c[nH]c1=O. The standard InChI is InChI=1S/C14H16BrN3O2/c1-2-6-18-7-4-3-5-12(18)14(20)17-11-8-10(15)9-16-13(11)19/h1,8-9,12H,3-7H2,(H,16,19)(H,17,20). The van der Waals surface area contributed by atoms with E-state index in [0.717, 1.165) is 25.8 Å². The first-order valence-corrected chi connectivity index (χ1v) is 7.27. The van der Waals surface area contributed by atoms with Crippen LogP contribution in [0.1, 0.15) is 19.3 Å². The second-order valence-electron chi connectivity index (χ2n) is 4.74. The number of likely N-dealkylation sites (tertiary alicyclic amines) is 1. The second-order valence-corrected chi connectivity index (χ2v) is 5.65. The van der Waals surface area contributed by atoms with Crippen LogP contribution in [-0.2, 0) is 4.79 Å². The molecule has 2 N–H and O–H groups in total. The Kier molecular flexibility index (Phi) is 4.99. The highest BCUT2D eigenvalue weighted by molar-refractivity contribution is 9.10. The van der Waals surface area contributed by atoms with Gasteiger partial charge in [0.2, 0.25) is 5.91 Å². The average Bonchev–Trinajstić information content (AvgIpc) is 2.44. The van der Waals surface area contributed by atoms with Crippen LogP contribution in [0.15, 0.2) is 21.5 Å². The number of H-pyrrole nitrogens is 1. The lowest BCUT2D eigenvalue weighted by Gasteiger charge is -2.33. The van der Waals surface area contributed by atoms with Gasteiger partial charge >= 0.3 is 0 Å². The van der Waals surface area contributed by atoms with Gasteiger partial charge in [-0.2, -0.15) is 0 Å². The van der Waals surface area contributed by atoms with E-state index in [1.165, 1.54) is 6.20 Å². The number of carbonyl (C=O) groups excluding carboxylic acids is 1. The van der Waals surface area contributed by atoms with Gasteiger partial charge in [0, 0.05) is 10.7 Å². The van der Waals surface area contributed by atoms with Crippen molar-refractivity contribution in [1.29, 1.82) is 0 Å². The predicted molar refractivity (Wildman–Crippen MR) is 81.4 cm³/mol. The van der Waals surface area contributed by atoms with Crippen molar-refractivity contribution in [3.63, 3.8) is 0 Å². The van der Waals surface area contributed by atoms with Gasteiger partial charge in [-0.05, 0) is 41.4 Å². The third-order valence-electron chi connectivity index (χ3n) is 3.34. The highest BCUT2D eigenvalue weighted by Crippen LogP contribution is 2.18. The molecule has 2 heterocycles. The molecule has 1 fully saturated rings. The predicted octanol–water partition coefficient (Wildman–Crippen LogP) is 1.56. The number of pyridine rings is 1. The molecule has 0 radical (unpaired) electrons. The zero-order chi connectivity index (χ0) is 14.5. The molecule has 5 nitrogen and oxygen atoms in total. The van der Waals surface area contributed by atoms with Gasteiger partial charge < -0.3 is 10.3 Å². The van der Waals surface area contributed by atoms with E-state index in [0.29, 0.717) is 11.0 Å². The molecule has 0 aromatic carbocycles. The van der Waals surface area contributed by atoms with E-state index >= 15 is 0 Å². The summed E-state index contributed by atoms with van der Waals surface area (Å²) in [7, 11) is 0. The van der Waals surface area contributed by atoms with E-state index in [9.17, 15) is 9.59 Å². The molecule has 1 amide bonds. The first kappa shape index (κ1) is 14.8. The van der Waals surface area contributed by atoms with Crippen molar-refractivity contribution >= 4 is 27.5 Å². The number of anilines is 1. The average molecular weight is 338 g/mol. The van der Waals surface area contributed by atoms with Crippen LogP contribution in [-0.4, -0.2) is 34.9 Å². The lowest BCUT2D eigenvalue weighted by atomic mass is 10.0. The summed E-state index contributed by atoms with van der Waals surface area (Å²) in [5.41, 5.74) is -0.0727. The van der Waals surface area contributed by atoms with Gasteiger partial charge in [-0.1, -0.05) is 12.3 Å². The summed E-state index contributed by atoms with van der Waals surface area (Å²) >= 11 is 3.26. The minimum atomic E-state index is -0.319. The largest absolute Gasteiger partial charge is 0.326 e. The molecule has 1 aliphatic heterocycles. The Bertz CT molecular complexity index is 591. The number of carbonyl (C=O) groups is 1. The molecular formula is C14H16BrN3O2. The molecule has 2 rings (SSSR count). The third kappa shape index (κ3) is 3.50. The summed E-state index contributed by atoms with van der Waals surface area (Å²) < 4.78 is 0.705. The molecule has 1 unspecified atom stereocenters. The first-order chi connectivity index (χ1) is 9.61. The van der Waals surface area contributed by atoms with Crippen LogP contribution in [0.2, 0.25) is 0 Å². The van der Waals surface area contributed by atoms with Crippen molar-refractivity contribution in [2.24, 2.45) is 0 Å². The van der Waals surface area contributed by atoms with Gasteiger partial charge in [-0.15, -0.1) is 6.42 Å². The van der Waals surface area contributed by atoms with Crippen molar-refractivity contribution in [2.75, 3.05) is 18.4 Å². The summed E-state index contributed by atoms with van der Waals surface area (Å²) in [5.74, 6) is 2.40. The molecule has 0 spiro atoms. The molecule has 1 saturated heterocycles. The van der Waals surface area contributed by atoms with E-state index in [-0.39, 0.29) is 23.2 Å². The van der Waals surface area contributed by atoms with Gasteiger partial charge in [0.25, 0.3) is 5.56 Å². The van der Waals surface area contributed by atoms with Crippen LogP contribution in [0.4, 0.5) is 5.69 Å². The number of nitrogens with one attached hydrogen (secondary N) is 2. The summed E-state index contributed by atoms with van der Waals surface area (Å²) in [6.45, 7) is 1.27. The van der Waals surface area contributed by atoms with E-state index < -0.39 is 0 Å². The summed E-state index contributed by atoms with van der Waals surface area (Å²) in [4.78, 5) is 28.5. The highest BCUT2D eigenvalue weighted by Gasteiger charge is 2.28. The molecule has 106 valence electrons. The molecule has 1 aliphatic rings. The van der Waals surface area contributed by atoms with Gasteiger partial charge in [-0.3, -0.25) is 14.5 Å². The van der Waals surface area contributed by atoms with Crippen molar-refractivity contribution in [2.45, 2.75) is 25.3 Å². The van der Waals surface area contributed by atoms with Crippen LogP contribution < -0.4 is 10.9 Å². The molecule has 0 aliphatic carbocycles. The zero-order valence-corrected chi connectivity index (χ0v) is 12.6. The summed E-state index contributed by atoms with van der Waals surface area (Å²) in [5, 5.41) is 2.69. The Morgan fingerprint density at radius 1 is 1.60 bits per heavy atom. The smallest absolute Gasteiger partial charge is 0.271 e. The number of aromatic amines is 1. The summed E-state index contributed by atoms with van der Waals surface area (Å²) in [6, 6.07) is 1.32. The number of nitrogens with zero attached hydrogens (tertiary/aromatic N) is 1. The van der Waals surface area contributed by atoms with Crippen molar-refractivity contribution in [3.05, 3.63) is 27.1 Å². The quantitative estimate of drug-likeness (QED) is 0.822. The molecule has 20 heavy (non-hydrogen) atoms. The van der Waals surface area contributed by atoms with Gasteiger partial charge in [-0.25, -0.2) is 0 Å². The Morgan fingerprint density at radius 2 is 2.40 bits per heavy atom. The Morgan fingerprint density at radius 3 is 3.15 bits per heavy atom. The maximum absolute atomic E-state index is 12.3. The maximum Gasteiger partial charge on any atom is 0.271 e. The fraction of sp³-hybridized carbons (Fsp3) is 0.429. The minimum absolute atomic E-state index is 0.177. The van der Waals surface area contributed by atoms with Gasteiger partial charge in [0.05, 0.1) is 12.6 Å². The van der Waals surface area contributed by atoms with Crippen LogP contribution in [0.3, 0.4) is 0 Å². The normalized spacial score (nSPS) is 19.3. The fourth-order valence-corrected chi connectivity index (χ4v) is 2.70. The maximum atomic E-state index is 12.3. The highest BCUT2D eigenvalue weighted by atomic mass is 79.9. The lowest BCUT2D eigenvalue weighted by Crippen LogP contribution is -2.47. The number of hydrogen-bond donors (Lipinski definition) is 2. The number of terminal acetylenes is 1. The molecular weight excluding hydrogens is 322 g/mol. The monoisotopic (exact) mass is 337 g/mol. The van der Waals surface area contributed by atoms with Crippen LogP contribution in [0.25, 0.3) is 0 Å². The molecule has 6 heteroatoms. The van der Waals surface area contributed by atoms with E-state index in [2.05, 4.69) is 32.2 Å². The van der Waals surface area contributed by atoms with Crippen molar-refractivity contribution < 1.29 is 4.79 Å². The first-order valence-electron chi connectivity index (χ1n) is 6.48. The number of halogens is 1. The number of rotatable bonds is 3. The van der Waals surface area contributed by atoms with Crippen LogP contribution in [0.5, 0.6) is 0 Å². The Balaban J connectivity index is 2.12. The molecule has 1 aromatic heterocycles. The van der Waals surface area contributed by atoms with Crippen LogP contribution in [0, 0.1) is 12.3 Å². The van der Waals surface area contributed by atoms with E-state index in [1.54, 1.807) is 6.07 Å². The number of aromatic nitrogens is 1. The number of amides is 1. The van der Waals surface area contributed by atoms with E-state index in [4.69, 9.17) is 6.42 Å². The molecule has 1 atom stereocenters. The van der Waals surface area contributed by atoms with E-state index in [1.807, 2.05) is 4.90 Å². The topological polar surface area (TPSA) is 65.2 Å². The van der Waals surface area contributed by atoms with Gasteiger partial charge in [0.15, 0.2) is 0 Å². The lowest BCUT2D eigenvalue weighted by molar-refractivity contribution is -0.122. The fourth-order valence-electron chi connectivity index (χ4n) is 2.36. The number of hydrogen-bond acceptors (Lipinski definition) is 3. The zero-order valence-electron chi connectivity index (χ0n) is 11.0. The number of piperidine rings is 1. The minimum Gasteiger partial charge on any atom is -0.326 e. The van der Waals surface area contributed by atoms with Crippen molar-refractivity contribution in [3.8, 4) is 12.3 Å². The summed E-state index contributed by atoms with van der Waals surface area (Å²) in [6.07, 6.45) is 9.67. The Hall–Kier alpha value is -1.58. The molecule has 0 saturated carbocycles. The molecule has 1 aromatic rings. The third-order valence-corrected chi connectivity index (χ3v) is 3.79. The molecule has 0 bridgehead atoms. The van der Waals surface area contributed by atoms with Crippen LogP contribution >= 0.6 is 15.9 Å². The van der Waals surface area contributed by atoms with Gasteiger partial charge in [0.1, 0.15) is 5.69 Å². The Labute approximate surface area is 125 Å². The second kappa shape index (κ2) is 6.73. The van der Waals surface area contributed by atoms with Crippen molar-refractivity contribution in [1.82, 2.24) is 9.88 Å².